The minimum absolute atomic E-state index is 0.0415. The first-order valence-corrected chi connectivity index (χ1v) is 7.27. The zero-order chi connectivity index (χ0) is 14.9. The molecule has 106 valence electrons. The van der Waals surface area contributed by atoms with E-state index in [-0.39, 0.29) is 11.8 Å². The molecule has 4 nitrogen and oxygen atoms in total. The second kappa shape index (κ2) is 5.29. The Balaban J connectivity index is 2.24. The highest BCUT2D eigenvalue weighted by molar-refractivity contribution is 7.14. The Morgan fingerprint density at radius 1 is 1.55 bits per heavy atom. The molecular weight excluding hydrogens is 274 g/mol. The topological polar surface area (TPSA) is 46.6 Å². The Bertz CT molecular complexity index is 577. The fourth-order valence-corrected chi connectivity index (χ4v) is 2.93. The average Bonchev–Trinajstić information content (AvgIpc) is 2.92. The third kappa shape index (κ3) is 3.02. The fourth-order valence-electron chi connectivity index (χ4n) is 2.01. The number of thiophene rings is 1. The number of esters is 1. The van der Waals surface area contributed by atoms with Gasteiger partial charge in [-0.3, -0.25) is 4.79 Å². The van der Waals surface area contributed by atoms with Crippen LogP contribution in [0.25, 0.3) is 0 Å². The number of hydrogen-bond donors (Lipinski definition) is 0. The van der Waals surface area contributed by atoms with Crippen LogP contribution in [0.5, 0.6) is 0 Å². The van der Waals surface area contributed by atoms with Gasteiger partial charge in [-0.25, -0.2) is 4.79 Å². The lowest BCUT2D eigenvalue weighted by molar-refractivity contribution is -0.117. The summed E-state index contributed by atoms with van der Waals surface area (Å²) >= 11 is 1.35. The molecule has 1 unspecified atom stereocenters. The lowest BCUT2D eigenvalue weighted by Gasteiger charge is -2.21. The largest absolute Gasteiger partial charge is 0.456 e. The fraction of sp³-hybridized carbons (Fsp3) is 0.467. The van der Waals surface area contributed by atoms with Crippen LogP contribution in [0, 0.1) is 18.3 Å². The van der Waals surface area contributed by atoms with E-state index in [1.165, 1.54) is 11.3 Å². The van der Waals surface area contributed by atoms with E-state index < -0.39 is 11.6 Å². The molecule has 0 aliphatic carbocycles. The monoisotopic (exact) mass is 291 g/mol. The minimum atomic E-state index is -0.563. The van der Waals surface area contributed by atoms with E-state index in [0.29, 0.717) is 23.5 Å². The summed E-state index contributed by atoms with van der Waals surface area (Å²) in [6.07, 6.45) is 5.71. The summed E-state index contributed by atoms with van der Waals surface area (Å²) in [5, 5.41) is 2.41. The summed E-state index contributed by atoms with van der Waals surface area (Å²) in [4.78, 5) is 25.7. The van der Waals surface area contributed by atoms with Gasteiger partial charge in [-0.15, -0.1) is 23.7 Å². The molecule has 1 atom stereocenters. The number of hydrogen-bond acceptors (Lipinski definition) is 4. The summed E-state index contributed by atoms with van der Waals surface area (Å²) in [7, 11) is 0. The van der Waals surface area contributed by atoms with Crippen LogP contribution in [0.4, 0.5) is 5.00 Å². The van der Waals surface area contributed by atoms with Crippen LogP contribution in [0.3, 0.4) is 0 Å². The normalized spacial score (nSPS) is 19.0. The minimum Gasteiger partial charge on any atom is -0.456 e. The second-order valence-corrected chi connectivity index (χ2v) is 6.61. The van der Waals surface area contributed by atoms with Crippen molar-refractivity contribution in [3.05, 3.63) is 17.0 Å². The number of amides is 1. The molecule has 20 heavy (non-hydrogen) atoms. The molecule has 1 fully saturated rings. The predicted molar refractivity (Wildman–Crippen MR) is 78.8 cm³/mol. The molecule has 0 radical (unpaired) electrons. The molecule has 1 aliphatic rings. The predicted octanol–water partition coefficient (Wildman–Crippen LogP) is 2.69. The van der Waals surface area contributed by atoms with Crippen molar-refractivity contribution in [1.82, 2.24) is 0 Å². The Morgan fingerprint density at radius 3 is 2.80 bits per heavy atom. The molecule has 1 amide bonds. The maximum absolute atomic E-state index is 12.2. The number of anilines is 1. The summed E-state index contributed by atoms with van der Waals surface area (Å²) < 4.78 is 5.36. The average molecular weight is 291 g/mol. The van der Waals surface area contributed by atoms with E-state index in [4.69, 9.17) is 11.2 Å². The first kappa shape index (κ1) is 14.6. The van der Waals surface area contributed by atoms with E-state index in [1.54, 1.807) is 16.3 Å². The SMILES string of the molecule is C#CC1CC(=O)N(c2sccc2C(=O)OC(C)(C)C)C1. The van der Waals surface area contributed by atoms with Crippen molar-refractivity contribution in [2.24, 2.45) is 5.92 Å². The highest BCUT2D eigenvalue weighted by Crippen LogP contribution is 2.33. The quantitative estimate of drug-likeness (QED) is 0.621. The van der Waals surface area contributed by atoms with Gasteiger partial charge in [-0.2, -0.15) is 0 Å². The molecule has 2 heterocycles. The third-order valence-corrected chi connectivity index (χ3v) is 3.81. The van der Waals surface area contributed by atoms with Crippen molar-refractivity contribution in [1.29, 1.82) is 0 Å². The molecule has 1 aromatic heterocycles. The zero-order valence-electron chi connectivity index (χ0n) is 11.8. The molecule has 0 aromatic carbocycles. The van der Waals surface area contributed by atoms with E-state index in [2.05, 4.69) is 5.92 Å². The number of carbonyl (C=O) groups is 2. The molecule has 0 saturated carbocycles. The summed E-state index contributed by atoms with van der Waals surface area (Å²) in [5.41, 5.74) is -0.136. The van der Waals surface area contributed by atoms with Gasteiger partial charge in [0.05, 0.1) is 5.56 Å². The molecule has 1 aromatic rings. The molecule has 1 saturated heterocycles. The maximum Gasteiger partial charge on any atom is 0.341 e. The van der Waals surface area contributed by atoms with Gasteiger partial charge >= 0.3 is 5.97 Å². The summed E-state index contributed by atoms with van der Waals surface area (Å²) in [6.45, 7) is 5.90. The van der Waals surface area contributed by atoms with Crippen LogP contribution < -0.4 is 4.90 Å². The summed E-state index contributed by atoms with van der Waals surface area (Å²) in [6, 6.07) is 1.69. The Morgan fingerprint density at radius 2 is 2.25 bits per heavy atom. The van der Waals surface area contributed by atoms with Gasteiger partial charge in [0.25, 0.3) is 0 Å². The highest BCUT2D eigenvalue weighted by Gasteiger charge is 2.33. The number of terminal acetylenes is 1. The third-order valence-electron chi connectivity index (χ3n) is 2.87. The number of nitrogens with zero attached hydrogens (tertiary/aromatic N) is 1. The molecular formula is C15H17NO3S. The first-order valence-electron chi connectivity index (χ1n) is 6.39. The van der Waals surface area contributed by atoms with Gasteiger partial charge in [0.15, 0.2) is 0 Å². The highest BCUT2D eigenvalue weighted by atomic mass is 32.1. The van der Waals surface area contributed by atoms with Gasteiger partial charge in [-0.05, 0) is 32.2 Å². The lowest BCUT2D eigenvalue weighted by Crippen LogP contribution is -2.28. The lowest BCUT2D eigenvalue weighted by atomic mass is 10.1. The van der Waals surface area contributed by atoms with Crippen molar-refractivity contribution in [3.8, 4) is 12.3 Å². The molecule has 2 rings (SSSR count). The van der Waals surface area contributed by atoms with Crippen molar-refractivity contribution >= 4 is 28.2 Å². The molecule has 5 heteroatoms. The molecule has 0 bridgehead atoms. The Kier molecular flexibility index (Phi) is 3.87. The van der Waals surface area contributed by atoms with Crippen LogP contribution in [-0.2, 0) is 9.53 Å². The summed E-state index contributed by atoms with van der Waals surface area (Å²) in [5.74, 6) is 2.06. The van der Waals surface area contributed by atoms with Gasteiger partial charge in [0.2, 0.25) is 5.91 Å². The zero-order valence-corrected chi connectivity index (χ0v) is 12.6. The van der Waals surface area contributed by atoms with Crippen molar-refractivity contribution < 1.29 is 14.3 Å². The number of ether oxygens (including phenoxy) is 1. The van der Waals surface area contributed by atoms with Crippen LogP contribution in [-0.4, -0.2) is 24.0 Å². The Labute approximate surface area is 122 Å². The van der Waals surface area contributed by atoms with Crippen LogP contribution in [0.15, 0.2) is 11.4 Å². The number of rotatable bonds is 2. The van der Waals surface area contributed by atoms with E-state index in [9.17, 15) is 9.59 Å². The van der Waals surface area contributed by atoms with Crippen molar-refractivity contribution in [2.45, 2.75) is 32.8 Å². The van der Waals surface area contributed by atoms with Gasteiger partial charge in [0.1, 0.15) is 10.6 Å². The van der Waals surface area contributed by atoms with Gasteiger partial charge in [-0.1, -0.05) is 0 Å². The molecule has 1 aliphatic heterocycles. The van der Waals surface area contributed by atoms with Crippen molar-refractivity contribution in [3.63, 3.8) is 0 Å². The van der Waals surface area contributed by atoms with Crippen LogP contribution >= 0.6 is 11.3 Å². The van der Waals surface area contributed by atoms with Crippen molar-refractivity contribution in [2.75, 3.05) is 11.4 Å². The molecule has 0 N–H and O–H groups in total. The Hall–Kier alpha value is -1.80. The van der Waals surface area contributed by atoms with Crippen LogP contribution in [0.1, 0.15) is 37.6 Å². The van der Waals surface area contributed by atoms with Gasteiger partial charge < -0.3 is 9.64 Å². The standard InChI is InChI=1S/C15H17NO3S/c1-5-10-8-12(17)16(9-10)13-11(6-7-20-13)14(18)19-15(2,3)4/h1,6-7,10H,8-9H2,2-4H3. The smallest absolute Gasteiger partial charge is 0.341 e. The van der Waals surface area contributed by atoms with Crippen LogP contribution in [0.2, 0.25) is 0 Å². The first-order chi connectivity index (χ1) is 9.31. The maximum atomic E-state index is 12.2. The van der Waals surface area contributed by atoms with E-state index in [1.807, 2.05) is 20.8 Å². The van der Waals surface area contributed by atoms with Gasteiger partial charge in [0, 0.05) is 18.9 Å². The second-order valence-electron chi connectivity index (χ2n) is 5.71. The van der Waals surface area contributed by atoms with E-state index in [0.717, 1.165) is 0 Å². The number of carbonyl (C=O) groups excluding carboxylic acids is 2. The van der Waals surface area contributed by atoms with E-state index >= 15 is 0 Å². The molecule has 0 spiro atoms.